The summed E-state index contributed by atoms with van der Waals surface area (Å²) in [4.78, 5) is 38.3. The average Bonchev–Trinajstić information content (AvgIpc) is 3.47. The molecule has 0 N–H and O–H groups in total. The Morgan fingerprint density at radius 1 is 0.235 bits per heavy atom. The fourth-order valence-corrected chi connectivity index (χ4v) is 11.1. The minimum atomic E-state index is -0.778. The molecule has 0 fully saturated rings. The summed E-state index contributed by atoms with van der Waals surface area (Å²) in [6.45, 7) is 6.67. The van der Waals surface area contributed by atoms with Crippen molar-refractivity contribution in [1.29, 1.82) is 0 Å². The molecular formula is C75H140O6. The van der Waals surface area contributed by atoms with Crippen molar-refractivity contribution >= 4 is 17.9 Å². The topological polar surface area (TPSA) is 78.9 Å². The van der Waals surface area contributed by atoms with Gasteiger partial charge in [-0.3, -0.25) is 14.4 Å². The van der Waals surface area contributed by atoms with E-state index in [2.05, 4.69) is 57.2 Å². The van der Waals surface area contributed by atoms with Crippen molar-refractivity contribution in [3.05, 3.63) is 36.5 Å². The van der Waals surface area contributed by atoms with E-state index < -0.39 is 6.10 Å². The number of hydrogen-bond donors (Lipinski definition) is 0. The molecule has 0 spiro atoms. The highest BCUT2D eigenvalue weighted by Crippen LogP contribution is 2.18. The van der Waals surface area contributed by atoms with Crippen molar-refractivity contribution in [1.82, 2.24) is 0 Å². The Hall–Kier alpha value is -2.37. The highest BCUT2D eigenvalue weighted by atomic mass is 16.6. The lowest BCUT2D eigenvalue weighted by atomic mass is 10.0. The third-order valence-corrected chi connectivity index (χ3v) is 16.6. The zero-order valence-corrected chi connectivity index (χ0v) is 54.8. The molecule has 1 atom stereocenters. The molecule has 0 amide bonds. The Morgan fingerprint density at radius 2 is 0.407 bits per heavy atom. The van der Waals surface area contributed by atoms with Crippen LogP contribution in [0.15, 0.2) is 36.5 Å². The molecule has 81 heavy (non-hydrogen) atoms. The zero-order valence-electron chi connectivity index (χ0n) is 54.8. The molecule has 1 unspecified atom stereocenters. The van der Waals surface area contributed by atoms with Gasteiger partial charge in [0.15, 0.2) is 6.10 Å². The van der Waals surface area contributed by atoms with Gasteiger partial charge in [-0.05, 0) is 96.3 Å². The first kappa shape index (κ1) is 78.6. The summed E-state index contributed by atoms with van der Waals surface area (Å²) >= 11 is 0. The monoisotopic (exact) mass is 1140 g/mol. The first-order valence-corrected chi connectivity index (χ1v) is 36.5. The van der Waals surface area contributed by atoms with Gasteiger partial charge in [0.1, 0.15) is 13.2 Å². The van der Waals surface area contributed by atoms with Crippen LogP contribution in [0.25, 0.3) is 0 Å². The average molecular weight is 1140 g/mol. The van der Waals surface area contributed by atoms with Crippen molar-refractivity contribution in [2.75, 3.05) is 13.2 Å². The van der Waals surface area contributed by atoms with Crippen LogP contribution in [-0.2, 0) is 28.6 Å². The van der Waals surface area contributed by atoms with Crippen LogP contribution in [0.1, 0.15) is 406 Å². The summed E-state index contributed by atoms with van der Waals surface area (Å²) in [6, 6.07) is 0. The zero-order chi connectivity index (χ0) is 58.5. The minimum absolute atomic E-state index is 0.0735. The largest absolute Gasteiger partial charge is 0.462 e. The number of allylic oxidation sites excluding steroid dienone is 6. The third-order valence-electron chi connectivity index (χ3n) is 16.6. The van der Waals surface area contributed by atoms with Gasteiger partial charge in [-0.15, -0.1) is 0 Å². The van der Waals surface area contributed by atoms with Crippen molar-refractivity contribution < 1.29 is 28.6 Å². The number of ether oxygens (including phenoxy) is 3. The smallest absolute Gasteiger partial charge is 0.306 e. The molecule has 0 saturated carbocycles. The summed E-state index contributed by atoms with van der Waals surface area (Å²) in [5.74, 6) is -0.866. The first-order valence-electron chi connectivity index (χ1n) is 36.5. The lowest BCUT2D eigenvalue weighted by Gasteiger charge is -2.18. The van der Waals surface area contributed by atoms with E-state index in [-0.39, 0.29) is 31.1 Å². The van der Waals surface area contributed by atoms with Crippen molar-refractivity contribution in [2.45, 2.75) is 412 Å². The minimum Gasteiger partial charge on any atom is -0.462 e. The molecule has 0 aliphatic carbocycles. The number of unbranched alkanes of at least 4 members (excludes halogenated alkanes) is 51. The number of hydrogen-bond acceptors (Lipinski definition) is 6. The van der Waals surface area contributed by atoms with Gasteiger partial charge in [0.25, 0.3) is 0 Å². The number of carbonyl (C=O) groups is 3. The van der Waals surface area contributed by atoms with Gasteiger partial charge in [-0.1, -0.05) is 327 Å². The van der Waals surface area contributed by atoms with E-state index in [1.54, 1.807) is 0 Å². The summed E-state index contributed by atoms with van der Waals surface area (Å²) in [5, 5.41) is 0. The van der Waals surface area contributed by atoms with E-state index >= 15 is 0 Å². The van der Waals surface area contributed by atoms with Gasteiger partial charge >= 0.3 is 17.9 Å². The van der Waals surface area contributed by atoms with Gasteiger partial charge in [-0.2, -0.15) is 0 Å². The highest BCUT2D eigenvalue weighted by Gasteiger charge is 2.19. The normalized spacial score (nSPS) is 12.2. The van der Waals surface area contributed by atoms with E-state index in [4.69, 9.17) is 14.2 Å². The molecule has 476 valence electrons. The maximum absolute atomic E-state index is 12.9. The molecule has 0 aromatic heterocycles. The molecule has 0 saturated heterocycles. The maximum Gasteiger partial charge on any atom is 0.306 e. The maximum atomic E-state index is 12.9. The van der Waals surface area contributed by atoms with Crippen molar-refractivity contribution in [3.8, 4) is 0 Å². The van der Waals surface area contributed by atoms with Gasteiger partial charge in [-0.25, -0.2) is 0 Å². The summed E-state index contributed by atoms with van der Waals surface area (Å²) in [6.07, 6.45) is 87.8. The van der Waals surface area contributed by atoms with Crippen LogP contribution in [0.3, 0.4) is 0 Å². The molecule has 0 aliphatic heterocycles. The number of esters is 3. The molecule has 0 aliphatic rings. The van der Waals surface area contributed by atoms with Crippen LogP contribution >= 0.6 is 0 Å². The summed E-state index contributed by atoms with van der Waals surface area (Å²) in [5.41, 5.74) is 0. The quantitative estimate of drug-likeness (QED) is 0.0261. The highest BCUT2D eigenvalue weighted by molar-refractivity contribution is 5.71. The third kappa shape index (κ3) is 68.3. The Labute approximate surface area is 506 Å². The lowest BCUT2D eigenvalue weighted by Crippen LogP contribution is -2.30. The van der Waals surface area contributed by atoms with Gasteiger partial charge in [0, 0.05) is 19.3 Å². The first-order chi connectivity index (χ1) is 40.0. The van der Waals surface area contributed by atoms with Crippen molar-refractivity contribution in [2.24, 2.45) is 0 Å². The molecule has 0 bridgehead atoms. The van der Waals surface area contributed by atoms with Crippen LogP contribution in [0.4, 0.5) is 0 Å². The van der Waals surface area contributed by atoms with E-state index in [0.29, 0.717) is 19.3 Å². The fraction of sp³-hybridized carbons (Fsp3) is 0.880. The molecule has 0 heterocycles. The van der Waals surface area contributed by atoms with E-state index in [9.17, 15) is 14.4 Å². The van der Waals surface area contributed by atoms with E-state index in [1.165, 1.54) is 295 Å². The Balaban J connectivity index is 4.05. The predicted molar refractivity (Wildman–Crippen MR) is 353 cm³/mol. The second kappa shape index (κ2) is 70.1. The Bertz CT molecular complexity index is 1350. The number of carbonyl (C=O) groups excluding carboxylic acids is 3. The van der Waals surface area contributed by atoms with Crippen LogP contribution in [0, 0.1) is 0 Å². The Morgan fingerprint density at radius 3 is 0.617 bits per heavy atom. The molecule has 0 rings (SSSR count). The van der Waals surface area contributed by atoms with Gasteiger partial charge < -0.3 is 14.2 Å². The molecule has 0 radical (unpaired) electrons. The molecule has 6 heteroatoms. The van der Waals surface area contributed by atoms with E-state index in [0.717, 1.165) is 70.6 Å². The SMILES string of the molecule is CCCCCCC/C=C\CCCCCCCC(=O)OCC(COC(=O)CCCCCCCCCCCCCCCCCCCCCCCCC/C=C\CCCCCCCCCC)OC(=O)CCCCCCC/C=C\CCCCCCC. The van der Waals surface area contributed by atoms with E-state index in [1.807, 2.05) is 0 Å². The summed E-state index contributed by atoms with van der Waals surface area (Å²) in [7, 11) is 0. The molecule has 6 nitrogen and oxygen atoms in total. The predicted octanol–water partition coefficient (Wildman–Crippen LogP) is 25.1. The summed E-state index contributed by atoms with van der Waals surface area (Å²) < 4.78 is 16.9. The van der Waals surface area contributed by atoms with Gasteiger partial charge in [0.2, 0.25) is 0 Å². The molecule has 0 aromatic rings. The van der Waals surface area contributed by atoms with Gasteiger partial charge in [0.05, 0.1) is 0 Å². The van der Waals surface area contributed by atoms with Crippen LogP contribution in [-0.4, -0.2) is 37.2 Å². The number of rotatable bonds is 68. The second-order valence-electron chi connectivity index (χ2n) is 24.8. The fourth-order valence-electron chi connectivity index (χ4n) is 11.1. The van der Waals surface area contributed by atoms with Crippen LogP contribution in [0.5, 0.6) is 0 Å². The van der Waals surface area contributed by atoms with Crippen LogP contribution in [0.2, 0.25) is 0 Å². The molecular weight excluding hydrogens is 997 g/mol. The lowest BCUT2D eigenvalue weighted by molar-refractivity contribution is -0.167. The standard InChI is InChI=1S/C75H140O6/c1-4-7-10-13-16-19-22-25-28-29-30-31-32-33-34-35-36-37-38-39-40-41-42-43-44-45-46-47-48-51-53-56-59-62-65-68-74(77)80-71-72(81-75(78)69-66-63-60-57-54-50-27-24-21-18-15-12-9-6-3)70-79-73(76)67-64-61-58-55-52-49-26-23-20-17-14-11-8-5-2/h23-24,26-27,29-30,72H,4-22,25,28,31-71H2,1-3H3/b26-23-,27-24-,30-29-. The Kier molecular flexibility index (Phi) is 68.1. The van der Waals surface area contributed by atoms with Crippen LogP contribution < -0.4 is 0 Å². The molecule has 0 aromatic carbocycles. The second-order valence-corrected chi connectivity index (χ2v) is 24.8. The van der Waals surface area contributed by atoms with Crippen molar-refractivity contribution in [3.63, 3.8) is 0 Å².